The Bertz CT molecular complexity index is 553. The van der Waals surface area contributed by atoms with Gasteiger partial charge in [-0.3, -0.25) is 4.79 Å². The van der Waals surface area contributed by atoms with E-state index in [1.54, 1.807) is 11.0 Å². The molecule has 1 unspecified atom stereocenters. The highest BCUT2D eigenvalue weighted by Crippen LogP contribution is 2.34. The number of hydrogen-bond donors (Lipinski definition) is 1. The molecule has 1 atom stereocenters. The van der Waals surface area contributed by atoms with Crippen molar-refractivity contribution in [3.8, 4) is 0 Å². The van der Waals surface area contributed by atoms with E-state index in [9.17, 15) is 14.7 Å². The Kier molecular flexibility index (Phi) is 3.84. The lowest BCUT2D eigenvalue weighted by Crippen LogP contribution is -2.52. The predicted molar refractivity (Wildman–Crippen MR) is 76.8 cm³/mol. The van der Waals surface area contributed by atoms with Crippen molar-refractivity contribution >= 4 is 11.9 Å². The number of hydrogen-bond acceptors (Lipinski definition) is 2. The normalized spacial score (nSPS) is 22.1. The summed E-state index contributed by atoms with van der Waals surface area (Å²) in [5.74, 6) is -1.07. The summed E-state index contributed by atoms with van der Waals surface area (Å²) < 4.78 is 0. The molecule has 0 bridgehead atoms. The number of carboxylic acid groups (broad SMARTS) is 1. The molecule has 1 aliphatic rings. The van der Waals surface area contributed by atoms with Gasteiger partial charge in [0.2, 0.25) is 0 Å². The van der Waals surface area contributed by atoms with Gasteiger partial charge in [-0.25, -0.2) is 4.79 Å². The SMILES string of the molecule is CCC1(C(=O)O)CCCN1C(=O)c1ccc(C)c(C)c1. The van der Waals surface area contributed by atoms with Crippen LogP contribution in [0.5, 0.6) is 0 Å². The number of nitrogens with zero attached hydrogens (tertiary/aromatic N) is 1. The van der Waals surface area contributed by atoms with Crippen LogP contribution in [0.25, 0.3) is 0 Å². The van der Waals surface area contributed by atoms with Crippen LogP contribution in [0.4, 0.5) is 0 Å². The van der Waals surface area contributed by atoms with E-state index < -0.39 is 11.5 Å². The van der Waals surface area contributed by atoms with Crippen LogP contribution in [0.15, 0.2) is 18.2 Å². The Morgan fingerprint density at radius 3 is 2.55 bits per heavy atom. The molecule has 1 aromatic rings. The quantitative estimate of drug-likeness (QED) is 0.922. The largest absolute Gasteiger partial charge is 0.479 e. The van der Waals surface area contributed by atoms with Gasteiger partial charge in [-0.05, 0) is 56.4 Å². The van der Waals surface area contributed by atoms with Crippen LogP contribution in [-0.2, 0) is 4.79 Å². The average Bonchev–Trinajstić information content (AvgIpc) is 2.86. The van der Waals surface area contributed by atoms with Crippen LogP contribution in [0.3, 0.4) is 0 Å². The Labute approximate surface area is 119 Å². The lowest BCUT2D eigenvalue weighted by Gasteiger charge is -2.34. The van der Waals surface area contributed by atoms with E-state index in [2.05, 4.69) is 0 Å². The Morgan fingerprint density at radius 2 is 2.00 bits per heavy atom. The number of rotatable bonds is 3. The van der Waals surface area contributed by atoms with Gasteiger partial charge in [0, 0.05) is 12.1 Å². The summed E-state index contributed by atoms with van der Waals surface area (Å²) in [7, 11) is 0. The molecule has 1 aliphatic heterocycles. The zero-order chi connectivity index (χ0) is 14.9. The number of aliphatic carboxylic acids is 1. The molecule has 108 valence electrons. The van der Waals surface area contributed by atoms with E-state index in [0.717, 1.165) is 17.5 Å². The van der Waals surface area contributed by atoms with Crippen molar-refractivity contribution in [3.63, 3.8) is 0 Å². The zero-order valence-corrected chi connectivity index (χ0v) is 12.3. The fourth-order valence-electron chi connectivity index (χ4n) is 2.95. The van der Waals surface area contributed by atoms with E-state index in [0.29, 0.717) is 24.9 Å². The molecule has 0 saturated carbocycles. The van der Waals surface area contributed by atoms with Crippen molar-refractivity contribution < 1.29 is 14.7 Å². The molecule has 0 aliphatic carbocycles. The van der Waals surface area contributed by atoms with Crippen LogP contribution in [-0.4, -0.2) is 34.0 Å². The first-order valence-electron chi connectivity index (χ1n) is 7.05. The van der Waals surface area contributed by atoms with Crippen molar-refractivity contribution in [3.05, 3.63) is 34.9 Å². The van der Waals surface area contributed by atoms with Gasteiger partial charge in [-0.1, -0.05) is 13.0 Å². The molecule has 4 nitrogen and oxygen atoms in total. The molecule has 2 rings (SSSR count). The lowest BCUT2D eigenvalue weighted by molar-refractivity contribution is -0.148. The monoisotopic (exact) mass is 275 g/mol. The minimum Gasteiger partial charge on any atom is -0.479 e. The van der Waals surface area contributed by atoms with Gasteiger partial charge in [0.25, 0.3) is 5.91 Å². The molecule has 1 fully saturated rings. The first-order valence-corrected chi connectivity index (χ1v) is 7.05. The highest BCUT2D eigenvalue weighted by molar-refractivity contribution is 5.98. The molecule has 0 aromatic heterocycles. The van der Waals surface area contributed by atoms with E-state index in [1.807, 2.05) is 32.9 Å². The fourth-order valence-corrected chi connectivity index (χ4v) is 2.95. The summed E-state index contributed by atoms with van der Waals surface area (Å²) in [6.07, 6.45) is 1.73. The Morgan fingerprint density at radius 1 is 1.30 bits per heavy atom. The van der Waals surface area contributed by atoms with Crippen LogP contribution < -0.4 is 0 Å². The Balaban J connectivity index is 2.36. The summed E-state index contributed by atoms with van der Waals surface area (Å²) in [5.41, 5.74) is 1.72. The smallest absolute Gasteiger partial charge is 0.329 e. The summed E-state index contributed by atoms with van der Waals surface area (Å²) in [5, 5.41) is 9.53. The summed E-state index contributed by atoms with van der Waals surface area (Å²) >= 11 is 0. The van der Waals surface area contributed by atoms with E-state index >= 15 is 0 Å². The molecular weight excluding hydrogens is 254 g/mol. The predicted octanol–water partition coefficient (Wildman–Crippen LogP) is 2.77. The molecule has 1 saturated heterocycles. The summed E-state index contributed by atoms with van der Waals surface area (Å²) in [6, 6.07) is 5.54. The third kappa shape index (κ3) is 2.19. The maximum Gasteiger partial charge on any atom is 0.329 e. The van der Waals surface area contributed by atoms with Crippen molar-refractivity contribution in [2.24, 2.45) is 0 Å². The minimum atomic E-state index is -1.03. The highest BCUT2D eigenvalue weighted by atomic mass is 16.4. The zero-order valence-electron chi connectivity index (χ0n) is 12.3. The van der Waals surface area contributed by atoms with E-state index in [4.69, 9.17) is 0 Å². The molecular formula is C16H21NO3. The third-order valence-corrected chi connectivity index (χ3v) is 4.47. The van der Waals surface area contributed by atoms with Crippen molar-refractivity contribution in [2.75, 3.05) is 6.54 Å². The molecule has 4 heteroatoms. The highest BCUT2D eigenvalue weighted by Gasteiger charge is 2.48. The molecule has 1 N–H and O–H groups in total. The van der Waals surface area contributed by atoms with Gasteiger partial charge in [0.1, 0.15) is 5.54 Å². The number of carboxylic acids is 1. The van der Waals surface area contributed by atoms with Gasteiger partial charge in [-0.2, -0.15) is 0 Å². The molecule has 20 heavy (non-hydrogen) atoms. The van der Waals surface area contributed by atoms with Crippen LogP contribution in [0.1, 0.15) is 47.7 Å². The first kappa shape index (κ1) is 14.6. The standard InChI is InChI=1S/C16H21NO3/c1-4-16(15(19)20)8-5-9-17(16)14(18)13-7-6-11(2)12(3)10-13/h6-7,10H,4-5,8-9H2,1-3H3,(H,19,20). The number of carbonyl (C=O) groups is 2. The Hall–Kier alpha value is -1.84. The topological polar surface area (TPSA) is 57.6 Å². The summed E-state index contributed by atoms with van der Waals surface area (Å²) in [4.78, 5) is 25.8. The van der Waals surface area contributed by atoms with Crippen molar-refractivity contribution in [1.29, 1.82) is 0 Å². The minimum absolute atomic E-state index is 0.171. The lowest BCUT2D eigenvalue weighted by atomic mass is 9.92. The van der Waals surface area contributed by atoms with E-state index in [1.165, 1.54) is 0 Å². The first-order chi connectivity index (χ1) is 9.42. The second kappa shape index (κ2) is 5.27. The van der Waals surface area contributed by atoms with Gasteiger partial charge in [0.05, 0.1) is 0 Å². The number of likely N-dealkylation sites (tertiary alicyclic amines) is 1. The fraction of sp³-hybridized carbons (Fsp3) is 0.500. The molecule has 0 radical (unpaired) electrons. The van der Waals surface area contributed by atoms with Crippen molar-refractivity contribution in [1.82, 2.24) is 4.90 Å². The second-order valence-corrected chi connectivity index (χ2v) is 5.55. The molecule has 1 amide bonds. The van der Waals surface area contributed by atoms with Crippen LogP contribution in [0.2, 0.25) is 0 Å². The maximum absolute atomic E-state index is 12.7. The average molecular weight is 275 g/mol. The second-order valence-electron chi connectivity index (χ2n) is 5.55. The van der Waals surface area contributed by atoms with Crippen LogP contribution >= 0.6 is 0 Å². The van der Waals surface area contributed by atoms with E-state index in [-0.39, 0.29) is 5.91 Å². The van der Waals surface area contributed by atoms with Gasteiger partial charge < -0.3 is 10.0 Å². The number of amides is 1. The summed E-state index contributed by atoms with van der Waals surface area (Å²) in [6.45, 7) is 6.30. The van der Waals surface area contributed by atoms with Gasteiger partial charge in [-0.15, -0.1) is 0 Å². The number of benzene rings is 1. The van der Waals surface area contributed by atoms with Gasteiger partial charge >= 0.3 is 5.97 Å². The molecule has 1 aromatic carbocycles. The van der Waals surface area contributed by atoms with Crippen molar-refractivity contribution in [2.45, 2.75) is 45.6 Å². The van der Waals surface area contributed by atoms with Crippen LogP contribution in [0, 0.1) is 13.8 Å². The maximum atomic E-state index is 12.7. The number of aryl methyl sites for hydroxylation is 2. The third-order valence-electron chi connectivity index (χ3n) is 4.47. The van der Waals surface area contributed by atoms with Gasteiger partial charge in [0.15, 0.2) is 0 Å². The molecule has 0 spiro atoms. The molecule has 1 heterocycles. The number of carbonyl (C=O) groups excluding carboxylic acids is 1.